The van der Waals surface area contributed by atoms with E-state index >= 15 is 0 Å². The monoisotopic (exact) mass is 245 g/mol. The third kappa shape index (κ3) is 2.16. The Morgan fingerprint density at radius 1 is 1.33 bits per heavy atom. The number of hydrogen-bond acceptors (Lipinski definition) is 2. The number of nitrogens with zero attached hydrogens (tertiary/aromatic N) is 2. The third-order valence-corrected chi connectivity index (χ3v) is 3.70. The Labute approximate surface area is 109 Å². The summed E-state index contributed by atoms with van der Waals surface area (Å²) in [6.07, 6.45) is 3.28. The molecule has 0 spiro atoms. The van der Waals surface area contributed by atoms with Crippen molar-refractivity contribution in [2.45, 2.75) is 19.4 Å². The van der Waals surface area contributed by atoms with Crippen molar-refractivity contribution in [1.29, 1.82) is 0 Å². The molecule has 1 atom stereocenters. The molecule has 1 aromatic carbocycles. The summed E-state index contributed by atoms with van der Waals surface area (Å²) in [7, 11) is 6.26. The van der Waals surface area contributed by atoms with Crippen LogP contribution in [0, 0.1) is 0 Å². The molecular formula is C15H23N3. The SMILES string of the molecule is CCc1ccc2c(c1)c(C(CN)N(C)C)cn2C. The van der Waals surface area contributed by atoms with E-state index < -0.39 is 0 Å². The molecule has 1 heterocycles. The van der Waals surface area contributed by atoms with Gasteiger partial charge in [-0.3, -0.25) is 0 Å². The lowest BCUT2D eigenvalue weighted by atomic mass is 10.0. The van der Waals surface area contributed by atoms with Crippen LogP contribution in [0.15, 0.2) is 24.4 Å². The van der Waals surface area contributed by atoms with Crippen LogP contribution in [0.25, 0.3) is 10.9 Å². The first kappa shape index (κ1) is 13.1. The molecular weight excluding hydrogens is 222 g/mol. The largest absolute Gasteiger partial charge is 0.350 e. The number of fused-ring (bicyclic) bond motifs is 1. The first-order valence-corrected chi connectivity index (χ1v) is 6.52. The average Bonchev–Trinajstić information content (AvgIpc) is 2.67. The fourth-order valence-electron chi connectivity index (χ4n) is 2.57. The van der Waals surface area contributed by atoms with Gasteiger partial charge in [-0.15, -0.1) is 0 Å². The fourth-order valence-corrected chi connectivity index (χ4v) is 2.57. The second-order valence-corrected chi connectivity index (χ2v) is 5.12. The normalized spacial score (nSPS) is 13.4. The predicted octanol–water partition coefficient (Wildman–Crippen LogP) is 2.30. The maximum Gasteiger partial charge on any atom is 0.0485 e. The highest BCUT2D eigenvalue weighted by Crippen LogP contribution is 2.29. The van der Waals surface area contributed by atoms with Gasteiger partial charge in [0.1, 0.15) is 0 Å². The molecule has 0 bridgehead atoms. The minimum Gasteiger partial charge on any atom is -0.350 e. The van der Waals surface area contributed by atoms with E-state index in [0.717, 1.165) is 6.42 Å². The zero-order valence-electron chi connectivity index (χ0n) is 11.8. The van der Waals surface area contributed by atoms with E-state index in [1.165, 1.54) is 22.0 Å². The quantitative estimate of drug-likeness (QED) is 0.897. The van der Waals surface area contributed by atoms with Gasteiger partial charge in [0.2, 0.25) is 0 Å². The van der Waals surface area contributed by atoms with Crippen LogP contribution in [0.4, 0.5) is 0 Å². The average molecular weight is 245 g/mol. The maximum absolute atomic E-state index is 5.93. The molecule has 18 heavy (non-hydrogen) atoms. The highest BCUT2D eigenvalue weighted by atomic mass is 15.1. The summed E-state index contributed by atoms with van der Waals surface area (Å²) in [6, 6.07) is 7.00. The Morgan fingerprint density at radius 2 is 2.06 bits per heavy atom. The minimum atomic E-state index is 0.279. The second kappa shape index (κ2) is 5.12. The molecule has 2 rings (SSSR count). The first-order chi connectivity index (χ1) is 8.58. The lowest BCUT2D eigenvalue weighted by Crippen LogP contribution is -2.27. The van der Waals surface area contributed by atoms with Crippen LogP contribution < -0.4 is 5.73 Å². The molecule has 2 aromatic rings. The van der Waals surface area contributed by atoms with Crippen LogP contribution in [-0.4, -0.2) is 30.1 Å². The molecule has 0 saturated heterocycles. The molecule has 0 aliphatic carbocycles. The van der Waals surface area contributed by atoms with Gasteiger partial charge in [-0.25, -0.2) is 0 Å². The van der Waals surface area contributed by atoms with E-state index in [1.807, 2.05) is 0 Å². The third-order valence-electron chi connectivity index (χ3n) is 3.70. The summed E-state index contributed by atoms with van der Waals surface area (Å²) in [4.78, 5) is 2.19. The van der Waals surface area contributed by atoms with Gasteiger partial charge in [0.25, 0.3) is 0 Å². The number of aryl methyl sites for hydroxylation is 2. The van der Waals surface area contributed by atoms with Crippen molar-refractivity contribution in [3.05, 3.63) is 35.5 Å². The van der Waals surface area contributed by atoms with Crippen molar-refractivity contribution in [3.8, 4) is 0 Å². The minimum absolute atomic E-state index is 0.279. The number of aromatic nitrogens is 1. The lowest BCUT2D eigenvalue weighted by Gasteiger charge is -2.22. The topological polar surface area (TPSA) is 34.2 Å². The molecule has 0 aliphatic heterocycles. The van der Waals surface area contributed by atoms with Crippen molar-refractivity contribution in [3.63, 3.8) is 0 Å². The molecule has 0 amide bonds. The van der Waals surface area contributed by atoms with E-state index in [2.05, 4.69) is 61.9 Å². The molecule has 1 aromatic heterocycles. The van der Waals surface area contributed by atoms with Gasteiger partial charge in [-0.1, -0.05) is 13.0 Å². The number of rotatable bonds is 4. The standard InChI is InChI=1S/C15H23N3/c1-5-11-6-7-14-12(8-11)13(10-18(14)4)15(9-16)17(2)3/h6-8,10,15H,5,9,16H2,1-4H3. The van der Waals surface area contributed by atoms with Gasteiger partial charge >= 0.3 is 0 Å². The van der Waals surface area contributed by atoms with E-state index in [9.17, 15) is 0 Å². The summed E-state index contributed by atoms with van der Waals surface area (Å²) >= 11 is 0. The predicted molar refractivity (Wildman–Crippen MR) is 77.8 cm³/mol. The first-order valence-electron chi connectivity index (χ1n) is 6.52. The summed E-state index contributed by atoms with van der Waals surface area (Å²) in [5, 5.41) is 1.33. The number of likely N-dealkylation sites (N-methyl/N-ethyl adjacent to an activating group) is 1. The molecule has 1 unspecified atom stereocenters. The van der Waals surface area contributed by atoms with Crippen LogP contribution in [-0.2, 0) is 13.5 Å². The smallest absolute Gasteiger partial charge is 0.0485 e. The second-order valence-electron chi connectivity index (χ2n) is 5.12. The molecule has 3 nitrogen and oxygen atoms in total. The molecule has 0 aliphatic rings. The van der Waals surface area contributed by atoms with Crippen molar-refractivity contribution in [1.82, 2.24) is 9.47 Å². The maximum atomic E-state index is 5.93. The van der Waals surface area contributed by atoms with Crippen LogP contribution in [0.3, 0.4) is 0 Å². The van der Waals surface area contributed by atoms with Crippen molar-refractivity contribution in [2.75, 3.05) is 20.6 Å². The highest BCUT2D eigenvalue weighted by molar-refractivity contribution is 5.85. The van der Waals surface area contributed by atoms with Crippen LogP contribution >= 0.6 is 0 Å². The zero-order chi connectivity index (χ0) is 13.3. The van der Waals surface area contributed by atoms with E-state index in [1.54, 1.807) is 0 Å². The Hall–Kier alpha value is -1.32. The van der Waals surface area contributed by atoms with Gasteiger partial charge in [-0.2, -0.15) is 0 Å². The van der Waals surface area contributed by atoms with Crippen LogP contribution in [0.5, 0.6) is 0 Å². The van der Waals surface area contributed by atoms with Crippen LogP contribution in [0.1, 0.15) is 24.1 Å². The molecule has 98 valence electrons. The Kier molecular flexibility index (Phi) is 3.73. The lowest BCUT2D eigenvalue weighted by molar-refractivity contribution is 0.307. The fraction of sp³-hybridized carbons (Fsp3) is 0.467. The van der Waals surface area contributed by atoms with Gasteiger partial charge in [0, 0.05) is 36.7 Å². The van der Waals surface area contributed by atoms with E-state index in [0.29, 0.717) is 6.54 Å². The summed E-state index contributed by atoms with van der Waals surface area (Å²) < 4.78 is 2.19. The number of hydrogen-bond donors (Lipinski definition) is 1. The number of nitrogens with two attached hydrogens (primary N) is 1. The molecule has 0 saturated carbocycles. The van der Waals surface area contributed by atoms with E-state index in [4.69, 9.17) is 5.73 Å². The van der Waals surface area contributed by atoms with Gasteiger partial charge in [0.05, 0.1) is 0 Å². The zero-order valence-corrected chi connectivity index (χ0v) is 11.8. The molecule has 2 N–H and O–H groups in total. The number of benzene rings is 1. The Morgan fingerprint density at radius 3 is 2.61 bits per heavy atom. The Balaban J connectivity index is 2.62. The van der Waals surface area contributed by atoms with Gasteiger partial charge in [-0.05, 0) is 43.8 Å². The van der Waals surface area contributed by atoms with Crippen molar-refractivity contribution in [2.24, 2.45) is 12.8 Å². The van der Waals surface area contributed by atoms with Gasteiger partial charge in [0.15, 0.2) is 0 Å². The summed E-state index contributed by atoms with van der Waals surface area (Å²) in [5.41, 5.74) is 9.91. The molecule has 0 radical (unpaired) electrons. The molecule has 0 fully saturated rings. The molecule has 3 heteroatoms. The Bertz CT molecular complexity index is 540. The highest BCUT2D eigenvalue weighted by Gasteiger charge is 2.17. The van der Waals surface area contributed by atoms with Crippen LogP contribution in [0.2, 0.25) is 0 Å². The van der Waals surface area contributed by atoms with Gasteiger partial charge < -0.3 is 15.2 Å². The van der Waals surface area contributed by atoms with E-state index in [-0.39, 0.29) is 6.04 Å². The van der Waals surface area contributed by atoms with Crippen molar-refractivity contribution < 1.29 is 0 Å². The summed E-state index contributed by atoms with van der Waals surface area (Å²) in [5.74, 6) is 0. The summed E-state index contributed by atoms with van der Waals surface area (Å²) in [6.45, 7) is 2.83. The van der Waals surface area contributed by atoms with Crippen molar-refractivity contribution >= 4 is 10.9 Å².